The van der Waals surface area contributed by atoms with Gasteiger partial charge < -0.3 is 14.9 Å². The average Bonchev–Trinajstić information content (AvgIpc) is 2.83. The number of nitrogens with one attached hydrogen (secondary N) is 1. The number of carbonyl (C=O) groups is 1. The van der Waals surface area contributed by atoms with Crippen molar-refractivity contribution in [2.75, 3.05) is 11.9 Å². The van der Waals surface area contributed by atoms with Crippen LogP contribution in [0.25, 0.3) is 0 Å². The van der Waals surface area contributed by atoms with Crippen LogP contribution in [0.3, 0.4) is 0 Å². The molecule has 0 saturated heterocycles. The van der Waals surface area contributed by atoms with Gasteiger partial charge in [-0.05, 0) is 12.1 Å². The van der Waals surface area contributed by atoms with Gasteiger partial charge in [0.05, 0.1) is 11.9 Å². The number of aromatic nitrogens is 3. The highest BCUT2D eigenvalue weighted by atomic mass is 16.5. The standard InChI is InChI=1S/C10H10N4O3/c15-10(16)8-2-1-7(5-12-8)11-4-3-9-13-6-17-14-9/h1-2,5-6,11H,3-4H2,(H,15,16). The van der Waals surface area contributed by atoms with E-state index in [9.17, 15) is 4.79 Å². The number of pyridine rings is 1. The van der Waals surface area contributed by atoms with Gasteiger partial charge in [-0.2, -0.15) is 4.98 Å². The van der Waals surface area contributed by atoms with Gasteiger partial charge in [0.15, 0.2) is 5.82 Å². The predicted molar refractivity (Wildman–Crippen MR) is 57.7 cm³/mol. The first-order valence-corrected chi connectivity index (χ1v) is 4.94. The van der Waals surface area contributed by atoms with E-state index < -0.39 is 5.97 Å². The van der Waals surface area contributed by atoms with Crippen LogP contribution in [0.1, 0.15) is 16.3 Å². The van der Waals surface area contributed by atoms with Crippen molar-refractivity contribution in [3.63, 3.8) is 0 Å². The van der Waals surface area contributed by atoms with Crippen LogP contribution < -0.4 is 5.32 Å². The van der Waals surface area contributed by atoms with Gasteiger partial charge in [0.25, 0.3) is 0 Å². The zero-order valence-corrected chi connectivity index (χ0v) is 8.83. The van der Waals surface area contributed by atoms with Gasteiger partial charge in [-0.1, -0.05) is 5.16 Å². The molecule has 0 aliphatic heterocycles. The largest absolute Gasteiger partial charge is 0.477 e. The zero-order valence-electron chi connectivity index (χ0n) is 8.83. The molecule has 0 spiro atoms. The Morgan fingerprint density at radius 3 is 2.88 bits per heavy atom. The number of rotatable bonds is 5. The summed E-state index contributed by atoms with van der Waals surface area (Å²) in [6.45, 7) is 0.619. The number of anilines is 1. The summed E-state index contributed by atoms with van der Waals surface area (Å²) in [5, 5.41) is 15.4. The highest BCUT2D eigenvalue weighted by Crippen LogP contribution is 2.06. The van der Waals surface area contributed by atoms with E-state index in [-0.39, 0.29) is 5.69 Å². The van der Waals surface area contributed by atoms with Crippen LogP contribution in [0.2, 0.25) is 0 Å². The molecule has 88 valence electrons. The van der Waals surface area contributed by atoms with Crippen LogP contribution in [0.15, 0.2) is 29.2 Å². The molecule has 2 rings (SSSR count). The number of hydrogen-bond donors (Lipinski definition) is 2. The number of carboxylic acids is 1. The van der Waals surface area contributed by atoms with E-state index >= 15 is 0 Å². The minimum Gasteiger partial charge on any atom is -0.477 e. The summed E-state index contributed by atoms with van der Waals surface area (Å²) < 4.78 is 4.59. The first kappa shape index (κ1) is 11.1. The van der Waals surface area contributed by atoms with E-state index in [2.05, 4.69) is 25.0 Å². The lowest BCUT2D eigenvalue weighted by atomic mass is 10.3. The molecule has 2 heterocycles. The van der Waals surface area contributed by atoms with E-state index in [0.29, 0.717) is 18.8 Å². The first-order valence-electron chi connectivity index (χ1n) is 4.94. The van der Waals surface area contributed by atoms with Crippen molar-refractivity contribution in [2.24, 2.45) is 0 Å². The molecule has 0 unspecified atom stereocenters. The maximum Gasteiger partial charge on any atom is 0.354 e. The van der Waals surface area contributed by atoms with Crippen LogP contribution in [0.5, 0.6) is 0 Å². The van der Waals surface area contributed by atoms with Crippen molar-refractivity contribution in [3.05, 3.63) is 36.2 Å². The molecule has 0 amide bonds. The van der Waals surface area contributed by atoms with E-state index in [1.807, 2.05) is 0 Å². The highest BCUT2D eigenvalue weighted by molar-refractivity contribution is 5.85. The van der Waals surface area contributed by atoms with Crippen molar-refractivity contribution >= 4 is 11.7 Å². The molecule has 0 bridgehead atoms. The Morgan fingerprint density at radius 1 is 1.41 bits per heavy atom. The summed E-state index contributed by atoms with van der Waals surface area (Å²) in [6, 6.07) is 3.10. The predicted octanol–water partition coefficient (Wildman–Crippen LogP) is 0.817. The third-order valence-corrected chi connectivity index (χ3v) is 2.07. The molecular weight excluding hydrogens is 224 g/mol. The van der Waals surface area contributed by atoms with Crippen molar-refractivity contribution in [3.8, 4) is 0 Å². The summed E-state index contributed by atoms with van der Waals surface area (Å²) in [6.07, 6.45) is 3.37. The Morgan fingerprint density at radius 2 is 2.29 bits per heavy atom. The maximum absolute atomic E-state index is 10.6. The van der Waals surface area contributed by atoms with Crippen molar-refractivity contribution < 1.29 is 14.4 Å². The van der Waals surface area contributed by atoms with Crippen molar-refractivity contribution in [1.82, 2.24) is 15.1 Å². The summed E-state index contributed by atoms with van der Waals surface area (Å²) in [4.78, 5) is 18.2. The Labute approximate surface area is 96.5 Å². The number of nitrogens with zero attached hydrogens (tertiary/aromatic N) is 3. The van der Waals surface area contributed by atoms with Crippen LogP contribution in [-0.2, 0) is 6.42 Å². The monoisotopic (exact) mass is 234 g/mol. The molecule has 2 aromatic rings. The number of carboxylic acid groups (broad SMARTS) is 1. The molecule has 2 N–H and O–H groups in total. The third-order valence-electron chi connectivity index (χ3n) is 2.07. The normalized spacial score (nSPS) is 10.1. The third kappa shape index (κ3) is 3.00. The van der Waals surface area contributed by atoms with E-state index in [1.165, 1.54) is 18.7 Å². The van der Waals surface area contributed by atoms with Crippen molar-refractivity contribution in [2.45, 2.75) is 6.42 Å². The summed E-state index contributed by atoms with van der Waals surface area (Å²) in [7, 11) is 0. The fourth-order valence-electron chi connectivity index (χ4n) is 1.25. The van der Waals surface area contributed by atoms with E-state index in [0.717, 1.165) is 5.69 Å². The van der Waals surface area contributed by atoms with Gasteiger partial charge >= 0.3 is 5.97 Å². The van der Waals surface area contributed by atoms with Crippen LogP contribution in [0, 0.1) is 0 Å². The molecule has 0 aliphatic rings. The smallest absolute Gasteiger partial charge is 0.354 e. The zero-order chi connectivity index (χ0) is 12.1. The Balaban J connectivity index is 1.85. The summed E-state index contributed by atoms with van der Waals surface area (Å²) >= 11 is 0. The van der Waals surface area contributed by atoms with Gasteiger partial charge in [-0.3, -0.25) is 0 Å². The molecule has 0 aromatic carbocycles. The Kier molecular flexibility index (Phi) is 3.29. The molecule has 0 saturated carbocycles. The fraction of sp³-hybridized carbons (Fsp3) is 0.200. The second-order valence-electron chi connectivity index (χ2n) is 3.26. The molecule has 0 radical (unpaired) electrons. The lowest BCUT2D eigenvalue weighted by Crippen LogP contribution is -2.07. The van der Waals surface area contributed by atoms with Crippen LogP contribution in [-0.4, -0.2) is 32.7 Å². The Hall–Kier alpha value is -2.44. The SMILES string of the molecule is O=C(O)c1ccc(NCCc2ncon2)cn1. The van der Waals surface area contributed by atoms with Crippen LogP contribution in [0.4, 0.5) is 5.69 Å². The van der Waals surface area contributed by atoms with Gasteiger partial charge in [0.1, 0.15) is 5.69 Å². The lowest BCUT2D eigenvalue weighted by molar-refractivity contribution is 0.0690. The van der Waals surface area contributed by atoms with Gasteiger partial charge in [0, 0.05) is 13.0 Å². The second-order valence-corrected chi connectivity index (χ2v) is 3.26. The molecular formula is C10H10N4O3. The van der Waals surface area contributed by atoms with E-state index in [4.69, 9.17) is 5.11 Å². The molecule has 0 aliphatic carbocycles. The summed E-state index contributed by atoms with van der Waals surface area (Å²) in [5.74, 6) is -0.420. The van der Waals surface area contributed by atoms with E-state index in [1.54, 1.807) is 6.07 Å². The topological polar surface area (TPSA) is 101 Å². The molecule has 7 heteroatoms. The molecule has 7 nitrogen and oxygen atoms in total. The first-order chi connectivity index (χ1) is 8.25. The molecule has 0 fully saturated rings. The van der Waals surface area contributed by atoms with Crippen LogP contribution >= 0.6 is 0 Å². The summed E-state index contributed by atoms with van der Waals surface area (Å²) in [5.41, 5.74) is 0.771. The minimum atomic E-state index is -1.04. The molecule has 2 aromatic heterocycles. The van der Waals surface area contributed by atoms with Gasteiger partial charge in [-0.25, -0.2) is 9.78 Å². The maximum atomic E-state index is 10.6. The Bertz CT molecular complexity index is 481. The quantitative estimate of drug-likeness (QED) is 0.789. The fourth-order valence-corrected chi connectivity index (χ4v) is 1.25. The minimum absolute atomic E-state index is 0.0220. The molecule has 17 heavy (non-hydrogen) atoms. The van der Waals surface area contributed by atoms with Gasteiger partial charge in [-0.15, -0.1) is 0 Å². The van der Waals surface area contributed by atoms with Crippen molar-refractivity contribution in [1.29, 1.82) is 0 Å². The highest BCUT2D eigenvalue weighted by Gasteiger charge is 2.03. The second kappa shape index (κ2) is 5.06. The number of aromatic carboxylic acids is 1. The average molecular weight is 234 g/mol. The molecule has 0 atom stereocenters. The van der Waals surface area contributed by atoms with Gasteiger partial charge in [0.2, 0.25) is 6.39 Å². The number of hydrogen-bond acceptors (Lipinski definition) is 6. The lowest BCUT2D eigenvalue weighted by Gasteiger charge is -2.03.